The highest BCUT2D eigenvalue weighted by Gasteiger charge is 2.37. The first kappa shape index (κ1) is 12.2. The number of hydrogen-bond acceptors (Lipinski definition) is 4. The van der Waals surface area contributed by atoms with Crippen LogP contribution >= 0.6 is 0 Å². The van der Waals surface area contributed by atoms with Gasteiger partial charge in [0.1, 0.15) is 5.78 Å². The molecule has 1 heterocycles. The van der Waals surface area contributed by atoms with E-state index in [1.165, 1.54) is 7.11 Å². The van der Waals surface area contributed by atoms with Crippen LogP contribution in [0.2, 0.25) is 0 Å². The summed E-state index contributed by atoms with van der Waals surface area (Å²) in [5.41, 5.74) is -0.374. The smallest absolute Gasteiger partial charge is 0.305 e. The van der Waals surface area contributed by atoms with E-state index in [0.29, 0.717) is 19.3 Å². The average Bonchev–Trinajstić information content (AvgIpc) is 2.21. The summed E-state index contributed by atoms with van der Waals surface area (Å²) in [6.45, 7) is 3.50. The molecule has 0 radical (unpaired) electrons. The van der Waals surface area contributed by atoms with Crippen molar-refractivity contribution < 1.29 is 14.3 Å². The molecule has 0 spiro atoms. The second-order valence-electron chi connectivity index (χ2n) is 4.55. The highest BCUT2D eigenvalue weighted by molar-refractivity contribution is 5.86. The van der Waals surface area contributed by atoms with Crippen molar-refractivity contribution in [3.8, 4) is 0 Å². The third kappa shape index (κ3) is 3.02. The van der Waals surface area contributed by atoms with Gasteiger partial charge in [0, 0.05) is 31.3 Å². The molecular weight excluding hydrogens is 194 g/mol. The molecule has 1 aliphatic rings. The third-order valence-electron chi connectivity index (χ3n) is 3.12. The predicted octanol–water partition coefficient (Wildman–Crippen LogP) is 0.850. The molecule has 0 aromatic rings. The lowest BCUT2D eigenvalue weighted by Gasteiger charge is -2.37. The van der Waals surface area contributed by atoms with Gasteiger partial charge < -0.3 is 9.64 Å². The predicted molar refractivity (Wildman–Crippen MR) is 56.5 cm³/mol. The lowest BCUT2D eigenvalue weighted by Crippen LogP contribution is -2.46. The van der Waals surface area contributed by atoms with E-state index < -0.39 is 0 Å². The van der Waals surface area contributed by atoms with E-state index in [1.807, 2.05) is 14.0 Å². The van der Waals surface area contributed by atoms with Crippen LogP contribution in [-0.4, -0.2) is 43.9 Å². The van der Waals surface area contributed by atoms with Crippen molar-refractivity contribution in [3.63, 3.8) is 0 Å². The molecule has 15 heavy (non-hydrogen) atoms. The summed E-state index contributed by atoms with van der Waals surface area (Å²) >= 11 is 0. The zero-order valence-electron chi connectivity index (χ0n) is 9.71. The number of rotatable bonds is 3. The van der Waals surface area contributed by atoms with Gasteiger partial charge in [-0.25, -0.2) is 0 Å². The number of esters is 1. The topological polar surface area (TPSA) is 46.6 Å². The Balaban J connectivity index is 2.55. The highest BCUT2D eigenvalue weighted by atomic mass is 16.5. The fourth-order valence-corrected chi connectivity index (χ4v) is 2.06. The third-order valence-corrected chi connectivity index (χ3v) is 3.12. The molecular formula is C11H19NO3. The first-order valence-electron chi connectivity index (χ1n) is 5.26. The maximum absolute atomic E-state index is 11.8. The van der Waals surface area contributed by atoms with Crippen LogP contribution in [0.1, 0.15) is 26.2 Å². The van der Waals surface area contributed by atoms with Crippen LogP contribution in [0.5, 0.6) is 0 Å². The van der Waals surface area contributed by atoms with E-state index in [9.17, 15) is 9.59 Å². The van der Waals surface area contributed by atoms with Crippen molar-refractivity contribution in [2.75, 3.05) is 27.2 Å². The summed E-state index contributed by atoms with van der Waals surface area (Å²) in [7, 11) is 3.38. The zero-order chi connectivity index (χ0) is 11.5. The Morgan fingerprint density at radius 1 is 1.60 bits per heavy atom. The van der Waals surface area contributed by atoms with Crippen LogP contribution in [0, 0.1) is 5.41 Å². The van der Waals surface area contributed by atoms with E-state index in [2.05, 4.69) is 9.64 Å². The molecule has 0 N–H and O–H groups in total. The minimum absolute atomic E-state index is 0.239. The first-order valence-corrected chi connectivity index (χ1v) is 5.26. The van der Waals surface area contributed by atoms with Gasteiger partial charge in [-0.15, -0.1) is 0 Å². The molecule has 1 atom stereocenters. The summed E-state index contributed by atoms with van der Waals surface area (Å²) in [6.07, 6.45) is 1.50. The van der Waals surface area contributed by atoms with Crippen LogP contribution in [0.4, 0.5) is 0 Å². The second kappa shape index (κ2) is 4.75. The maximum atomic E-state index is 11.8. The molecule has 86 valence electrons. The van der Waals surface area contributed by atoms with Gasteiger partial charge in [-0.2, -0.15) is 0 Å². The maximum Gasteiger partial charge on any atom is 0.305 e. The molecule has 1 aliphatic heterocycles. The van der Waals surface area contributed by atoms with E-state index in [4.69, 9.17) is 0 Å². The number of hydrogen-bond donors (Lipinski definition) is 0. The SMILES string of the molecule is COC(=O)CC[C@@]1(C)CN(C)CCC1=O. The normalized spacial score (nSPS) is 27.8. The van der Waals surface area contributed by atoms with Crippen LogP contribution in [-0.2, 0) is 14.3 Å². The van der Waals surface area contributed by atoms with E-state index in [-0.39, 0.29) is 17.2 Å². The summed E-state index contributed by atoms with van der Waals surface area (Å²) in [4.78, 5) is 25.0. The van der Waals surface area contributed by atoms with Gasteiger partial charge in [-0.3, -0.25) is 9.59 Å². The number of piperidine rings is 1. The molecule has 0 amide bonds. The number of likely N-dealkylation sites (tertiary alicyclic amines) is 1. The highest BCUT2D eigenvalue weighted by Crippen LogP contribution is 2.30. The largest absolute Gasteiger partial charge is 0.469 e. The average molecular weight is 213 g/mol. The van der Waals surface area contributed by atoms with Gasteiger partial charge in [0.05, 0.1) is 7.11 Å². The molecule has 1 saturated heterocycles. The first-order chi connectivity index (χ1) is 6.98. The molecule has 1 rings (SSSR count). The number of carbonyl (C=O) groups excluding carboxylic acids is 2. The molecule has 0 bridgehead atoms. The number of Topliss-reactive ketones (excluding diaryl/α,β-unsaturated/α-hetero) is 1. The van der Waals surface area contributed by atoms with E-state index in [1.54, 1.807) is 0 Å². The van der Waals surface area contributed by atoms with Crippen LogP contribution in [0.3, 0.4) is 0 Å². The number of ketones is 1. The lowest BCUT2D eigenvalue weighted by atomic mass is 9.77. The zero-order valence-corrected chi connectivity index (χ0v) is 9.71. The Kier molecular flexibility index (Phi) is 3.85. The molecule has 1 fully saturated rings. The Bertz CT molecular complexity index is 265. The summed E-state index contributed by atoms with van der Waals surface area (Å²) in [6, 6.07) is 0. The van der Waals surface area contributed by atoms with Crippen molar-refractivity contribution in [1.82, 2.24) is 4.90 Å². The Morgan fingerprint density at radius 3 is 2.87 bits per heavy atom. The molecule has 0 aromatic carbocycles. The molecule has 4 heteroatoms. The quantitative estimate of drug-likeness (QED) is 0.652. The monoisotopic (exact) mass is 213 g/mol. The lowest BCUT2D eigenvalue weighted by molar-refractivity contribution is -0.142. The van der Waals surface area contributed by atoms with Crippen molar-refractivity contribution in [2.24, 2.45) is 5.41 Å². The van der Waals surface area contributed by atoms with Gasteiger partial charge in [-0.05, 0) is 13.5 Å². The van der Waals surface area contributed by atoms with Crippen molar-refractivity contribution in [2.45, 2.75) is 26.2 Å². The number of methoxy groups -OCH3 is 1. The van der Waals surface area contributed by atoms with Gasteiger partial charge in [0.15, 0.2) is 0 Å². The molecule has 0 aromatic heterocycles. The molecule has 0 aliphatic carbocycles. The number of carbonyl (C=O) groups is 2. The minimum atomic E-state index is -0.374. The summed E-state index contributed by atoms with van der Waals surface area (Å²) < 4.78 is 4.58. The van der Waals surface area contributed by atoms with E-state index >= 15 is 0 Å². The van der Waals surface area contributed by atoms with Crippen molar-refractivity contribution in [3.05, 3.63) is 0 Å². The van der Waals surface area contributed by atoms with Crippen LogP contribution in [0.15, 0.2) is 0 Å². The minimum Gasteiger partial charge on any atom is -0.469 e. The number of ether oxygens (including phenoxy) is 1. The standard InChI is InChI=1S/C11H19NO3/c1-11(6-4-10(14)15-3)8-12(2)7-5-9(11)13/h4-8H2,1-3H3/t11-/m0/s1. The van der Waals surface area contributed by atoms with Gasteiger partial charge >= 0.3 is 5.97 Å². The van der Waals surface area contributed by atoms with Gasteiger partial charge in [0.2, 0.25) is 0 Å². The summed E-state index contributed by atoms with van der Waals surface area (Å²) in [5.74, 6) is 0.0294. The van der Waals surface area contributed by atoms with Gasteiger partial charge in [0.25, 0.3) is 0 Å². The molecule has 0 saturated carbocycles. The summed E-state index contributed by atoms with van der Waals surface area (Å²) in [5, 5.41) is 0. The molecule has 0 unspecified atom stereocenters. The van der Waals surface area contributed by atoms with Crippen molar-refractivity contribution in [1.29, 1.82) is 0 Å². The fourth-order valence-electron chi connectivity index (χ4n) is 2.06. The van der Waals surface area contributed by atoms with Gasteiger partial charge in [-0.1, -0.05) is 6.92 Å². The van der Waals surface area contributed by atoms with Crippen molar-refractivity contribution >= 4 is 11.8 Å². The Morgan fingerprint density at radius 2 is 2.27 bits per heavy atom. The van der Waals surface area contributed by atoms with Crippen LogP contribution < -0.4 is 0 Å². The van der Waals surface area contributed by atoms with E-state index in [0.717, 1.165) is 13.1 Å². The number of nitrogens with zero attached hydrogens (tertiary/aromatic N) is 1. The van der Waals surface area contributed by atoms with Crippen LogP contribution in [0.25, 0.3) is 0 Å². The fraction of sp³-hybridized carbons (Fsp3) is 0.818. The Labute approximate surface area is 90.6 Å². The molecule has 4 nitrogen and oxygen atoms in total. The Hall–Kier alpha value is -0.900. The second-order valence-corrected chi connectivity index (χ2v) is 4.55.